The summed E-state index contributed by atoms with van der Waals surface area (Å²) < 4.78 is 0. The third-order valence-electron chi connectivity index (χ3n) is 2.27. The minimum Gasteiger partial charge on any atom is -0.502 e. The molecule has 2 rings (SSSR count). The topological polar surface area (TPSA) is 90.4 Å². The first kappa shape index (κ1) is 12.1. The lowest BCUT2D eigenvalue weighted by atomic mass is 10.1. The molecule has 0 aliphatic heterocycles. The van der Waals surface area contributed by atoms with Crippen LogP contribution in [0.5, 0.6) is 0 Å². The maximum absolute atomic E-state index is 11.8. The Kier molecular flexibility index (Phi) is 3.29. The molecule has 92 valence electrons. The van der Waals surface area contributed by atoms with E-state index in [9.17, 15) is 9.59 Å². The summed E-state index contributed by atoms with van der Waals surface area (Å²) in [5.41, 5.74) is 0.940. The van der Waals surface area contributed by atoms with Crippen molar-refractivity contribution >= 4 is 23.1 Å². The molecule has 2 aromatic heterocycles. The van der Waals surface area contributed by atoms with Crippen LogP contribution in [0.3, 0.4) is 0 Å². The van der Waals surface area contributed by atoms with Crippen molar-refractivity contribution in [2.75, 3.05) is 0 Å². The lowest BCUT2D eigenvalue weighted by Gasteiger charge is -1.98. The van der Waals surface area contributed by atoms with E-state index in [1.54, 1.807) is 12.3 Å². The van der Waals surface area contributed by atoms with Crippen LogP contribution in [0.25, 0.3) is 10.4 Å². The Bertz CT molecular complexity index is 610. The first-order valence-electron chi connectivity index (χ1n) is 4.99. The normalized spacial score (nSPS) is 11.4. The first-order chi connectivity index (χ1) is 8.59. The van der Waals surface area contributed by atoms with Gasteiger partial charge in [0.15, 0.2) is 0 Å². The molecule has 0 radical (unpaired) electrons. The number of ketones is 1. The predicted octanol–water partition coefficient (Wildman–Crippen LogP) is 2.45. The Morgan fingerprint density at radius 3 is 2.67 bits per heavy atom. The average Bonchev–Trinajstić information content (AvgIpc) is 2.99. The van der Waals surface area contributed by atoms with Gasteiger partial charge in [0.25, 0.3) is 0 Å². The van der Waals surface area contributed by atoms with Crippen LogP contribution >= 0.6 is 11.3 Å². The molecule has 0 saturated carbocycles. The second kappa shape index (κ2) is 4.89. The zero-order chi connectivity index (χ0) is 13.1. The fourth-order valence-corrected chi connectivity index (χ4v) is 2.23. The fraction of sp³-hybridized carbons (Fsp3) is 0. The lowest BCUT2D eigenvalue weighted by Crippen LogP contribution is -2.04. The van der Waals surface area contributed by atoms with E-state index < -0.39 is 17.5 Å². The van der Waals surface area contributed by atoms with Gasteiger partial charge in [-0.3, -0.25) is 4.79 Å². The minimum atomic E-state index is -1.53. The average molecular weight is 263 g/mol. The van der Waals surface area contributed by atoms with E-state index in [0.29, 0.717) is 11.6 Å². The number of thiophene rings is 1. The summed E-state index contributed by atoms with van der Waals surface area (Å²) in [6.07, 6.45) is 2.28. The van der Waals surface area contributed by atoms with Gasteiger partial charge in [-0.05, 0) is 17.5 Å². The molecule has 0 aliphatic carbocycles. The molecule has 0 aromatic carbocycles. The van der Waals surface area contributed by atoms with Crippen molar-refractivity contribution in [3.8, 4) is 10.4 Å². The highest BCUT2D eigenvalue weighted by Crippen LogP contribution is 2.27. The summed E-state index contributed by atoms with van der Waals surface area (Å²) in [6.45, 7) is 0. The zero-order valence-electron chi connectivity index (χ0n) is 9.08. The quantitative estimate of drug-likeness (QED) is 0.449. The number of carbonyl (C=O) groups is 2. The van der Waals surface area contributed by atoms with Crippen LogP contribution < -0.4 is 0 Å². The Labute approximate surface area is 106 Å². The van der Waals surface area contributed by atoms with Gasteiger partial charge in [-0.1, -0.05) is 6.07 Å². The summed E-state index contributed by atoms with van der Waals surface area (Å²) in [6, 6.07) is 5.43. The maximum atomic E-state index is 11.8. The van der Waals surface area contributed by atoms with E-state index in [0.717, 1.165) is 4.88 Å². The molecule has 0 atom stereocenters. The van der Waals surface area contributed by atoms with Crippen molar-refractivity contribution in [3.05, 3.63) is 47.3 Å². The third kappa shape index (κ3) is 2.33. The third-order valence-corrected chi connectivity index (χ3v) is 3.17. The van der Waals surface area contributed by atoms with Gasteiger partial charge in [-0.15, -0.1) is 11.3 Å². The molecule has 0 aliphatic rings. The molecule has 3 N–H and O–H groups in total. The van der Waals surface area contributed by atoms with E-state index in [4.69, 9.17) is 10.2 Å². The number of H-pyrrole nitrogens is 1. The zero-order valence-corrected chi connectivity index (χ0v) is 9.90. The van der Waals surface area contributed by atoms with Crippen molar-refractivity contribution < 1.29 is 19.8 Å². The van der Waals surface area contributed by atoms with Gasteiger partial charge in [-0.25, -0.2) is 4.79 Å². The number of aromatic nitrogens is 1. The SMILES string of the molecule is O=C(O)C(O)=CC(=O)c1[nH]ccc1-c1cccs1. The van der Waals surface area contributed by atoms with Gasteiger partial charge < -0.3 is 15.2 Å². The molecule has 0 unspecified atom stereocenters. The van der Waals surface area contributed by atoms with Crippen LogP contribution in [0.4, 0.5) is 0 Å². The van der Waals surface area contributed by atoms with Crippen molar-refractivity contribution in [2.24, 2.45) is 0 Å². The van der Waals surface area contributed by atoms with E-state index in [-0.39, 0.29) is 5.69 Å². The molecule has 0 saturated heterocycles. The number of aliphatic hydroxyl groups is 1. The minimum absolute atomic E-state index is 0.255. The molecule has 18 heavy (non-hydrogen) atoms. The van der Waals surface area contributed by atoms with Crippen molar-refractivity contribution in [1.29, 1.82) is 0 Å². The summed E-state index contributed by atoms with van der Waals surface area (Å²) in [5.74, 6) is -3.09. The summed E-state index contributed by atoms with van der Waals surface area (Å²) in [7, 11) is 0. The first-order valence-corrected chi connectivity index (χ1v) is 5.87. The molecule has 0 bridgehead atoms. The van der Waals surface area contributed by atoms with E-state index in [1.165, 1.54) is 11.3 Å². The number of allylic oxidation sites excluding steroid dienone is 1. The molecular formula is C12H9NO4S. The molecule has 0 spiro atoms. The Morgan fingerprint density at radius 1 is 1.28 bits per heavy atom. The summed E-state index contributed by atoms with van der Waals surface area (Å²) >= 11 is 1.47. The van der Waals surface area contributed by atoms with Gasteiger partial charge in [-0.2, -0.15) is 0 Å². The highest BCUT2D eigenvalue weighted by Gasteiger charge is 2.15. The Hall–Kier alpha value is -2.34. The smallest absolute Gasteiger partial charge is 0.371 e. The summed E-state index contributed by atoms with van der Waals surface area (Å²) in [5, 5.41) is 19.4. The van der Waals surface area contributed by atoms with Crippen molar-refractivity contribution in [2.45, 2.75) is 0 Å². The standard InChI is InChI=1S/C12H9NO4S/c14-8(6-9(15)12(16)17)11-7(3-4-13-11)10-2-1-5-18-10/h1-6,13,15H,(H,16,17). The number of rotatable bonds is 4. The molecule has 0 fully saturated rings. The molecule has 2 aromatic rings. The number of hydrogen-bond acceptors (Lipinski definition) is 4. The monoisotopic (exact) mass is 263 g/mol. The van der Waals surface area contributed by atoms with E-state index >= 15 is 0 Å². The molecular weight excluding hydrogens is 254 g/mol. The number of carbonyl (C=O) groups excluding carboxylic acids is 1. The van der Waals surface area contributed by atoms with Crippen molar-refractivity contribution in [1.82, 2.24) is 4.98 Å². The second-order valence-corrected chi connectivity index (χ2v) is 4.39. The van der Waals surface area contributed by atoms with E-state index in [1.807, 2.05) is 17.5 Å². The van der Waals surface area contributed by atoms with Gasteiger partial charge >= 0.3 is 5.97 Å². The predicted molar refractivity (Wildman–Crippen MR) is 66.8 cm³/mol. The highest BCUT2D eigenvalue weighted by atomic mass is 32.1. The number of nitrogens with one attached hydrogen (secondary N) is 1. The maximum Gasteiger partial charge on any atom is 0.371 e. The summed E-state index contributed by atoms with van der Waals surface area (Å²) in [4.78, 5) is 25.9. The number of aromatic amines is 1. The highest BCUT2D eigenvalue weighted by molar-refractivity contribution is 7.13. The Balaban J connectivity index is 2.36. The van der Waals surface area contributed by atoms with Gasteiger partial charge in [0.1, 0.15) is 0 Å². The van der Waals surface area contributed by atoms with Crippen molar-refractivity contribution in [3.63, 3.8) is 0 Å². The van der Waals surface area contributed by atoms with Crippen LogP contribution in [0.1, 0.15) is 10.5 Å². The fourth-order valence-electron chi connectivity index (χ4n) is 1.47. The van der Waals surface area contributed by atoms with Gasteiger partial charge in [0.05, 0.1) is 5.69 Å². The second-order valence-electron chi connectivity index (χ2n) is 3.44. The largest absolute Gasteiger partial charge is 0.502 e. The number of carboxylic acids is 1. The van der Waals surface area contributed by atoms with Crippen LogP contribution in [0.2, 0.25) is 0 Å². The lowest BCUT2D eigenvalue weighted by molar-refractivity contribution is -0.135. The number of hydrogen-bond donors (Lipinski definition) is 3. The van der Waals surface area contributed by atoms with Crippen LogP contribution in [-0.2, 0) is 4.79 Å². The van der Waals surface area contributed by atoms with Crippen LogP contribution in [-0.4, -0.2) is 26.9 Å². The number of aliphatic carboxylic acids is 1. The number of carboxylic acid groups (broad SMARTS) is 1. The molecule has 2 heterocycles. The molecule has 6 heteroatoms. The van der Waals surface area contributed by atoms with Gasteiger partial charge in [0, 0.05) is 22.7 Å². The van der Waals surface area contributed by atoms with Crippen LogP contribution in [0, 0.1) is 0 Å². The van der Waals surface area contributed by atoms with E-state index in [2.05, 4.69) is 4.98 Å². The van der Waals surface area contributed by atoms with Crippen LogP contribution in [0.15, 0.2) is 41.6 Å². The molecule has 5 nitrogen and oxygen atoms in total. The Morgan fingerprint density at radius 2 is 2.06 bits per heavy atom. The van der Waals surface area contributed by atoms with Gasteiger partial charge in [0.2, 0.25) is 11.5 Å². The number of aliphatic hydroxyl groups excluding tert-OH is 1. The molecule has 0 amide bonds.